The molecule has 0 fully saturated rings. The van der Waals surface area contributed by atoms with Crippen LogP contribution in [-0.2, 0) is 4.79 Å². The van der Waals surface area contributed by atoms with Crippen molar-refractivity contribution in [1.82, 2.24) is 0 Å². The Hall–Kier alpha value is 0.0200. The molecule has 0 amide bonds. The van der Waals surface area contributed by atoms with Crippen molar-refractivity contribution in [2.45, 2.75) is 52.2 Å². The van der Waals surface area contributed by atoms with Gasteiger partial charge in [0, 0.05) is 11.2 Å². The van der Waals surface area contributed by atoms with Gasteiger partial charge in [-0.1, -0.05) is 34.1 Å². The van der Waals surface area contributed by atoms with Crippen LogP contribution in [0, 0.1) is 5.92 Å². The zero-order valence-corrected chi connectivity index (χ0v) is 10.1. The van der Waals surface area contributed by atoms with E-state index in [9.17, 15) is 4.79 Å². The molecule has 0 N–H and O–H groups in total. The average Bonchev–Trinajstić information content (AvgIpc) is 2.13. The van der Waals surface area contributed by atoms with Crippen LogP contribution in [0.5, 0.6) is 0 Å². The van der Waals surface area contributed by atoms with Crippen LogP contribution in [0.3, 0.4) is 0 Å². The van der Waals surface area contributed by atoms with Gasteiger partial charge in [-0.2, -0.15) is 11.8 Å². The van der Waals surface area contributed by atoms with Crippen molar-refractivity contribution >= 4 is 17.5 Å². The molecule has 0 saturated heterocycles. The Labute approximate surface area is 86.7 Å². The summed E-state index contributed by atoms with van der Waals surface area (Å²) in [7, 11) is 0. The van der Waals surface area contributed by atoms with Gasteiger partial charge in [-0.05, 0) is 12.8 Å². The van der Waals surface area contributed by atoms with Crippen molar-refractivity contribution in [3.63, 3.8) is 0 Å². The Morgan fingerprint density at radius 2 is 1.92 bits per heavy atom. The fraction of sp³-hybridized carbons (Fsp3) is 0.909. The molecule has 1 nitrogen and oxygen atoms in total. The SMILES string of the molecule is CCCC(C)C(=O)CSC(C)CC. The van der Waals surface area contributed by atoms with E-state index in [4.69, 9.17) is 0 Å². The van der Waals surface area contributed by atoms with E-state index in [-0.39, 0.29) is 5.92 Å². The van der Waals surface area contributed by atoms with Crippen LogP contribution in [0.2, 0.25) is 0 Å². The highest BCUT2D eigenvalue weighted by Crippen LogP contribution is 2.16. The van der Waals surface area contributed by atoms with Crippen molar-refractivity contribution in [1.29, 1.82) is 0 Å². The lowest BCUT2D eigenvalue weighted by atomic mass is 10.0. The maximum atomic E-state index is 11.5. The molecule has 0 rings (SSSR count). The summed E-state index contributed by atoms with van der Waals surface area (Å²) >= 11 is 1.79. The van der Waals surface area contributed by atoms with Gasteiger partial charge in [0.2, 0.25) is 0 Å². The minimum Gasteiger partial charge on any atom is -0.298 e. The van der Waals surface area contributed by atoms with Crippen LogP contribution in [0.4, 0.5) is 0 Å². The molecule has 0 aromatic heterocycles. The van der Waals surface area contributed by atoms with Gasteiger partial charge in [0.15, 0.2) is 0 Å². The summed E-state index contributed by atoms with van der Waals surface area (Å²) in [5.74, 6) is 1.39. The average molecular weight is 202 g/mol. The zero-order valence-electron chi connectivity index (χ0n) is 9.30. The molecule has 0 aromatic rings. The van der Waals surface area contributed by atoms with E-state index in [0.29, 0.717) is 16.8 Å². The predicted molar refractivity (Wildman–Crippen MR) is 61.3 cm³/mol. The monoisotopic (exact) mass is 202 g/mol. The Bertz CT molecular complexity index is 145. The minimum absolute atomic E-state index is 0.265. The standard InChI is InChI=1S/C11H22OS/c1-5-7-9(3)11(12)8-13-10(4)6-2/h9-10H,5-8H2,1-4H3. The molecule has 0 radical (unpaired) electrons. The number of hydrogen-bond acceptors (Lipinski definition) is 2. The summed E-state index contributed by atoms with van der Waals surface area (Å²) in [4.78, 5) is 11.5. The third-order valence-corrected chi connectivity index (χ3v) is 3.71. The number of hydrogen-bond donors (Lipinski definition) is 0. The number of Topliss-reactive ketones (excluding diaryl/α,β-unsaturated/α-hetero) is 1. The van der Waals surface area contributed by atoms with E-state index in [1.54, 1.807) is 11.8 Å². The molecule has 78 valence electrons. The zero-order chi connectivity index (χ0) is 10.3. The maximum Gasteiger partial charge on any atom is 0.145 e. The van der Waals surface area contributed by atoms with E-state index >= 15 is 0 Å². The normalized spacial score (nSPS) is 15.4. The van der Waals surface area contributed by atoms with Gasteiger partial charge in [-0.25, -0.2) is 0 Å². The van der Waals surface area contributed by atoms with Gasteiger partial charge < -0.3 is 0 Å². The van der Waals surface area contributed by atoms with Crippen LogP contribution in [-0.4, -0.2) is 16.8 Å². The fourth-order valence-electron chi connectivity index (χ4n) is 1.08. The number of thioether (sulfide) groups is 1. The molecule has 0 heterocycles. The maximum absolute atomic E-state index is 11.5. The summed E-state index contributed by atoms with van der Waals surface area (Å²) < 4.78 is 0. The topological polar surface area (TPSA) is 17.1 Å². The fourth-order valence-corrected chi connectivity index (χ4v) is 2.05. The second-order valence-corrected chi connectivity index (χ2v) is 5.11. The van der Waals surface area contributed by atoms with E-state index in [2.05, 4.69) is 20.8 Å². The summed E-state index contributed by atoms with van der Waals surface area (Å²) in [5.41, 5.74) is 0. The lowest BCUT2D eigenvalue weighted by molar-refractivity contribution is -0.120. The minimum atomic E-state index is 0.265. The second-order valence-electron chi connectivity index (χ2n) is 3.69. The Balaban J connectivity index is 3.61. The van der Waals surface area contributed by atoms with Crippen LogP contribution in [0.15, 0.2) is 0 Å². The lowest BCUT2D eigenvalue weighted by Gasteiger charge is -2.11. The first kappa shape index (κ1) is 13.0. The van der Waals surface area contributed by atoms with Gasteiger partial charge in [0.25, 0.3) is 0 Å². The molecule has 0 bridgehead atoms. The van der Waals surface area contributed by atoms with Crippen molar-refractivity contribution < 1.29 is 4.79 Å². The molecule has 0 saturated carbocycles. The number of carbonyl (C=O) groups excluding carboxylic acids is 1. The molecular formula is C11H22OS. The van der Waals surface area contributed by atoms with Crippen molar-refractivity contribution in [2.24, 2.45) is 5.92 Å². The molecule has 0 spiro atoms. The van der Waals surface area contributed by atoms with Gasteiger partial charge in [-0.3, -0.25) is 4.79 Å². The first-order chi connectivity index (χ1) is 6.11. The molecule has 0 aromatic carbocycles. The van der Waals surface area contributed by atoms with Crippen LogP contribution in [0.25, 0.3) is 0 Å². The molecule has 13 heavy (non-hydrogen) atoms. The summed E-state index contributed by atoms with van der Waals surface area (Å²) in [6.07, 6.45) is 3.31. The van der Waals surface area contributed by atoms with Crippen molar-refractivity contribution in [2.75, 3.05) is 5.75 Å². The molecule has 0 aliphatic carbocycles. The number of ketones is 1. The van der Waals surface area contributed by atoms with E-state index in [0.717, 1.165) is 19.3 Å². The largest absolute Gasteiger partial charge is 0.298 e. The van der Waals surface area contributed by atoms with E-state index in [1.807, 2.05) is 6.92 Å². The Morgan fingerprint density at radius 3 is 2.38 bits per heavy atom. The first-order valence-corrected chi connectivity index (χ1v) is 6.30. The highest BCUT2D eigenvalue weighted by atomic mass is 32.2. The molecule has 2 atom stereocenters. The quantitative estimate of drug-likeness (QED) is 0.628. The summed E-state index contributed by atoms with van der Waals surface area (Å²) in [6, 6.07) is 0. The smallest absolute Gasteiger partial charge is 0.145 e. The van der Waals surface area contributed by atoms with Crippen molar-refractivity contribution in [3.8, 4) is 0 Å². The molecule has 2 heteroatoms. The van der Waals surface area contributed by atoms with Crippen LogP contribution in [0.1, 0.15) is 47.0 Å². The number of rotatable bonds is 7. The third-order valence-electron chi connectivity index (χ3n) is 2.36. The first-order valence-electron chi connectivity index (χ1n) is 5.26. The van der Waals surface area contributed by atoms with Gasteiger partial charge in [-0.15, -0.1) is 0 Å². The molecule has 0 aliphatic rings. The van der Waals surface area contributed by atoms with Gasteiger partial charge in [0.1, 0.15) is 5.78 Å². The third kappa shape index (κ3) is 6.14. The van der Waals surface area contributed by atoms with Crippen molar-refractivity contribution in [3.05, 3.63) is 0 Å². The van der Waals surface area contributed by atoms with E-state index in [1.165, 1.54) is 0 Å². The summed E-state index contributed by atoms with van der Waals surface area (Å²) in [5, 5.41) is 0.623. The highest BCUT2D eigenvalue weighted by Gasteiger charge is 2.12. The lowest BCUT2D eigenvalue weighted by Crippen LogP contribution is -2.14. The predicted octanol–water partition coefficient (Wildman–Crippen LogP) is 3.52. The summed E-state index contributed by atoms with van der Waals surface area (Å²) in [6.45, 7) is 8.52. The van der Waals surface area contributed by atoms with Crippen LogP contribution < -0.4 is 0 Å². The number of carbonyl (C=O) groups is 1. The Morgan fingerprint density at radius 1 is 1.31 bits per heavy atom. The Kier molecular flexibility index (Phi) is 7.44. The van der Waals surface area contributed by atoms with Gasteiger partial charge >= 0.3 is 0 Å². The molecule has 2 unspecified atom stereocenters. The van der Waals surface area contributed by atoms with Crippen LogP contribution >= 0.6 is 11.8 Å². The molecular weight excluding hydrogens is 180 g/mol. The molecule has 0 aliphatic heterocycles. The van der Waals surface area contributed by atoms with E-state index < -0.39 is 0 Å². The van der Waals surface area contributed by atoms with Gasteiger partial charge in [0.05, 0.1) is 5.75 Å². The second kappa shape index (κ2) is 7.43. The highest BCUT2D eigenvalue weighted by molar-refractivity contribution is 8.00.